The van der Waals surface area contributed by atoms with Crippen LogP contribution in [-0.2, 0) is 9.59 Å². The molecule has 0 saturated heterocycles. The minimum atomic E-state index is -0.813. The van der Waals surface area contributed by atoms with E-state index in [0.29, 0.717) is 20.9 Å². The summed E-state index contributed by atoms with van der Waals surface area (Å²) < 4.78 is 6.48. The molecule has 0 fully saturated rings. The molecule has 0 spiro atoms. The lowest BCUT2D eigenvalue weighted by atomic mass is 10.2. The Bertz CT molecular complexity index is 1020. The fourth-order valence-corrected chi connectivity index (χ4v) is 4.54. The lowest BCUT2D eigenvalue weighted by Crippen LogP contribution is -2.48. The van der Waals surface area contributed by atoms with E-state index in [9.17, 15) is 9.59 Å². The minimum absolute atomic E-state index is 0.144. The van der Waals surface area contributed by atoms with Gasteiger partial charge in [0.1, 0.15) is 5.75 Å². The number of para-hydroxylation sites is 2. The quantitative estimate of drug-likeness (QED) is 0.687. The van der Waals surface area contributed by atoms with Gasteiger partial charge in [0.15, 0.2) is 11.2 Å². The molecule has 138 valence electrons. The van der Waals surface area contributed by atoms with Crippen LogP contribution >= 0.6 is 34.3 Å². The molecular formula is C18H14ClN3O3S2. The van der Waals surface area contributed by atoms with E-state index < -0.39 is 6.10 Å². The Balaban J connectivity index is 1.50. The predicted molar refractivity (Wildman–Crippen MR) is 108 cm³/mol. The highest BCUT2D eigenvalue weighted by Crippen LogP contribution is 2.35. The van der Waals surface area contributed by atoms with E-state index in [-0.39, 0.29) is 18.4 Å². The van der Waals surface area contributed by atoms with Gasteiger partial charge in [0, 0.05) is 12.3 Å². The Morgan fingerprint density at radius 3 is 2.85 bits per heavy atom. The van der Waals surface area contributed by atoms with Gasteiger partial charge >= 0.3 is 0 Å². The first kappa shape index (κ1) is 18.0. The van der Waals surface area contributed by atoms with E-state index in [1.807, 2.05) is 23.6 Å². The molecule has 0 saturated carbocycles. The third kappa shape index (κ3) is 3.69. The van der Waals surface area contributed by atoms with Gasteiger partial charge in [-0.3, -0.25) is 14.9 Å². The van der Waals surface area contributed by atoms with Crippen molar-refractivity contribution in [3.8, 4) is 16.3 Å². The number of nitrogens with zero attached hydrogens (tertiary/aromatic N) is 2. The summed E-state index contributed by atoms with van der Waals surface area (Å²) in [5.74, 6) is 0.0164. The summed E-state index contributed by atoms with van der Waals surface area (Å²) in [7, 11) is 0. The second-order valence-electron chi connectivity index (χ2n) is 5.83. The molecule has 4 rings (SSSR count). The van der Waals surface area contributed by atoms with Crippen molar-refractivity contribution in [1.29, 1.82) is 0 Å². The van der Waals surface area contributed by atoms with Crippen LogP contribution in [0.4, 0.5) is 10.8 Å². The van der Waals surface area contributed by atoms with E-state index >= 15 is 0 Å². The number of benzene rings is 1. The number of amides is 2. The van der Waals surface area contributed by atoms with E-state index in [1.54, 1.807) is 23.1 Å². The topological polar surface area (TPSA) is 71.5 Å². The molecule has 9 heteroatoms. The predicted octanol–water partition coefficient (Wildman–Crippen LogP) is 4.28. The standard InChI is InChI=1S/C18H14ClN3O3S2/c1-10(23)22-8-14(25-13-5-3-2-4-12(13)22)17(24)21-18-20-11(9-26-18)15-6-7-16(19)27-15/h2-7,9,14H,8H2,1H3,(H,20,21,24)/t14-/m1/s1. The van der Waals surface area contributed by atoms with Gasteiger partial charge in [-0.25, -0.2) is 4.98 Å². The highest BCUT2D eigenvalue weighted by atomic mass is 35.5. The Morgan fingerprint density at radius 2 is 2.11 bits per heavy atom. The van der Waals surface area contributed by atoms with Crippen LogP contribution in [0.1, 0.15) is 6.92 Å². The molecule has 3 heterocycles. The smallest absolute Gasteiger partial charge is 0.269 e. The molecule has 0 bridgehead atoms. The molecule has 0 unspecified atom stereocenters. The van der Waals surface area contributed by atoms with Gasteiger partial charge in [-0.1, -0.05) is 23.7 Å². The van der Waals surface area contributed by atoms with E-state index in [4.69, 9.17) is 16.3 Å². The summed E-state index contributed by atoms with van der Waals surface area (Å²) in [4.78, 5) is 31.5. The number of carbonyl (C=O) groups is 2. The van der Waals surface area contributed by atoms with Crippen molar-refractivity contribution in [2.75, 3.05) is 16.8 Å². The summed E-state index contributed by atoms with van der Waals surface area (Å²) in [6.07, 6.45) is -0.813. The molecule has 27 heavy (non-hydrogen) atoms. The van der Waals surface area contributed by atoms with Gasteiger partial charge in [-0.2, -0.15) is 0 Å². The van der Waals surface area contributed by atoms with Gasteiger partial charge < -0.3 is 9.64 Å². The number of hydrogen-bond acceptors (Lipinski definition) is 6. The van der Waals surface area contributed by atoms with Crippen molar-refractivity contribution in [2.45, 2.75) is 13.0 Å². The van der Waals surface area contributed by atoms with Crippen molar-refractivity contribution in [1.82, 2.24) is 4.98 Å². The minimum Gasteiger partial charge on any atom is -0.476 e. The molecule has 1 aliphatic rings. The van der Waals surface area contributed by atoms with Crippen LogP contribution in [0.5, 0.6) is 5.75 Å². The van der Waals surface area contributed by atoms with Crippen LogP contribution in [0.2, 0.25) is 4.34 Å². The number of thiazole rings is 1. The summed E-state index contributed by atoms with van der Waals surface area (Å²) >= 11 is 8.71. The van der Waals surface area contributed by atoms with Gasteiger partial charge in [0.05, 0.1) is 27.1 Å². The third-order valence-corrected chi connectivity index (χ3v) is 6.02. The van der Waals surface area contributed by atoms with Crippen molar-refractivity contribution < 1.29 is 14.3 Å². The lowest BCUT2D eigenvalue weighted by molar-refractivity contribution is -0.123. The average molecular weight is 420 g/mol. The van der Waals surface area contributed by atoms with Crippen LogP contribution < -0.4 is 15.0 Å². The van der Waals surface area contributed by atoms with Crippen molar-refractivity contribution >= 4 is 56.9 Å². The number of nitrogens with one attached hydrogen (secondary N) is 1. The number of fused-ring (bicyclic) bond motifs is 1. The second kappa shape index (κ2) is 7.30. The highest BCUT2D eigenvalue weighted by molar-refractivity contribution is 7.20. The van der Waals surface area contributed by atoms with Crippen LogP contribution in [0, 0.1) is 0 Å². The van der Waals surface area contributed by atoms with Gasteiger partial charge in [-0.05, 0) is 24.3 Å². The Hall–Kier alpha value is -2.42. The number of hydrogen-bond donors (Lipinski definition) is 1. The normalized spacial score (nSPS) is 15.8. The number of ether oxygens (including phenoxy) is 1. The number of thiophene rings is 1. The first-order chi connectivity index (χ1) is 13.0. The van der Waals surface area contributed by atoms with Gasteiger partial charge in [0.25, 0.3) is 5.91 Å². The number of anilines is 2. The van der Waals surface area contributed by atoms with Crippen molar-refractivity contribution in [2.24, 2.45) is 0 Å². The molecule has 2 aromatic heterocycles. The summed E-state index contributed by atoms with van der Waals surface area (Å²) in [6, 6.07) is 10.9. The summed E-state index contributed by atoms with van der Waals surface area (Å²) in [6.45, 7) is 1.62. The van der Waals surface area contributed by atoms with E-state index in [2.05, 4.69) is 10.3 Å². The fraction of sp³-hybridized carbons (Fsp3) is 0.167. The molecule has 6 nitrogen and oxygen atoms in total. The molecule has 1 N–H and O–H groups in total. The third-order valence-electron chi connectivity index (χ3n) is 4.01. The largest absolute Gasteiger partial charge is 0.476 e. The maximum atomic E-state index is 12.7. The van der Waals surface area contributed by atoms with Crippen LogP contribution in [0.15, 0.2) is 41.8 Å². The molecule has 1 aliphatic heterocycles. The molecule has 1 atom stereocenters. The maximum Gasteiger partial charge on any atom is 0.269 e. The SMILES string of the molecule is CC(=O)N1C[C@H](C(=O)Nc2nc(-c3ccc(Cl)s3)cs2)Oc2ccccc21. The van der Waals surface area contributed by atoms with Crippen LogP contribution in [0.3, 0.4) is 0 Å². The number of carbonyl (C=O) groups excluding carboxylic acids is 2. The van der Waals surface area contributed by atoms with Crippen molar-refractivity contribution in [3.63, 3.8) is 0 Å². The molecule has 3 aromatic rings. The second-order valence-corrected chi connectivity index (χ2v) is 8.41. The monoisotopic (exact) mass is 419 g/mol. The fourth-order valence-electron chi connectivity index (χ4n) is 2.75. The summed E-state index contributed by atoms with van der Waals surface area (Å²) in [5, 5.41) is 5.10. The Labute approximate surface area is 168 Å². The molecule has 0 aliphatic carbocycles. The maximum absolute atomic E-state index is 12.7. The zero-order chi connectivity index (χ0) is 19.0. The molecule has 0 radical (unpaired) electrons. The van der Waals surface area contributed by atoms with Gasteiger partial charge in [-0.15, -0.1) is 22.7 Å². The van der Waals surface area contributed by atoms with Crippen LogP contribution in [-0.4, -0.2) is 29.4 Å². The van der Waals surface area contributed by atoms with Crippen molar-refractivity contribution in [3.05, 3.63) is 46.1 Å². The summed E-state index contributed by atoms with van der Waals surface area (Å²) in [5.41, 5.74) is 1.42. The Morgan fingerprint density at radius 1 is 1.30 bits per heavy atom. The van der Waals surface area contributed by atoms with Crippen LogP contribution in [0.25, 0.3) is 10.6 Å². The number of halogens is 1. The van der Waals surface area contributed by atoms with E-state index in [0.717, 1.165) is 10.6 Å². The first-order valence-electron chi connectivity index (χ1n) is 8.07. The number of aromatic nitrogens is 1. The molecular weight excluding hydrogens is 406 g/mol. The average Bonchev–Trinajstić information content (AvgIpc) is 3.29. The Kier molecular flexibility index (Phi) is 4.86. The highest BCUT2D eigenvalue weighted by Gasteiger charge is 2.32. The molecule has 2 amide bonds. The molecule has 1 aromatic carbocycles. The number of rotatable bonds is 3. The lowest BCUT2D eigenvalue weighted by Gasteiger charge is -2.33. The van der Waals surface area contributed by atoms with Gasteiger partial charge in [0.2, 0.25) is 5.91 Å². The zero-order valence-corrected chi connectivity index (χ0v) is 16.5. The first-order valence-corrected chi connectivity index (χ1v) is 10.1. The zero-order valence-electron chi connectivity index (χ0n) is 14.1. The van der Waals surface area contributed by atoms with E-state index in [1.165, 1.54) is 29.6 Å².